The Labute approximate surface area is 193 Å². The highest BCUT2D eigenvalue weighted by Crippen LogP contribution is 2.18. The van der Waals surface area contributed by atoms with Crippen molar-refractivity contribution >= 4 is 17.7 Å². The molecule has 172 valence electrons. The van der Waals surface area contributed by atoms with E-state index in [0.29, 0.717) is 30.0 Å². The average molecular weight is 449 g/mol. The largest absolute Gasteiger partial charge is 0.494 e. The minimum atomic E-state index is -0.680. The zero-order valence-corrected chi connectivity index (χ0v) is 19.1. The third-order valence-corrected chi connectivity index (χ3v) is 5.24. The van der Waals surface area contributed by atoms with Crippen LogP contribution in [0, 0.1) is 13.8 Å². The first-order chi connectivity index (χ1) is 15.9. The maximum atomic E-state index is 12.6. The standard InChI is InChI=1S/C26H28N2O5/c1-4-32-22-12-10-21(11-13-22)26(31)27-15-25(30)33-17-24(29)23-14-18(2)28(19(23)3)16-20-8-6-5-7-9-20/h5-14H,4,15-17H2,1-3H3,(H,27,31). The highest BCUT2D eigenvalue weighted by Gasteiger charge is 2.18. The Hall–Kier alpha value is -3.87. The molecule has 1 heterocycles. The van der Waals surface area contributed by atoms with E-state index in [1.807, 2.05) is 57.2 Å². The van der Waals surface area contributed by atoms with E-state index in [1.54, 1.807) is 24.3 Å². The predicted molar refractivity (Wildman–Crippen MR) is 125 cm³/mol. The fraction of sp³-hybridized carbons (Fsp3) is 0.269. The first-order valence-electron chi connectivity index (χ1n) is 10.8. The Morgan fingerprint density at radius 1 is 0.970 bits per heavy atom. The van der Waals surface area contributed by atoms with E-state index < -0.39 is 11.9 Å². The van der Waals surface area contributed by atoms with Gasteiger partial charge >= 0.3 is 5.97 Å². The molecule has 3 aromatic rings. The number of nitrogens with one attached hydrogen (secondary N) is 1. The predicted octanol–water partition coefficient (Wildman–Crippen LogP) is 3.71. The minimum Gasteiger partial charge on any atom is -0.494 e. The minimum absolute atomic E-state index is 0.284. The van der Waals surface area contributed by atoms with Crippen molar-refractivity contribution in [1.82, 2.24) is 9.88 Å². The van der Waals surface area contributed by atoms with Gasteiger partial charge < -0.3 is 19.4 Å². The van der Waals surface area contributed by atoms with Crippen LogP contribution in [-0.4, -0.2) is 42.0 Å². The van der Waals surface area contributed by atoms with Gasteiger partial charge in [0.25, 0.3) is 5.91 Å². The Balaban J connectivity index is 1.50. The van der Waals surface area contributed by atoms with Crippen molar-refractivity contribution in [3.63, 3.8) is 0 Å². The van der Waals surface area contributed by atoms with E-state index >= 15 is 0 Å². The smallest absolute Gasteiger partial charge is 0.325 e. The average Bonchev–Trinajstić information content (AvgIpc) is 3.10. The summed E-state index contributed by atoms with van der Waals surface area (Å²) in [4.78, 5) is 36.9. The van der Waals surface area contributed by atoms with E-state index in [4.69, 9.17) is 9.47 Å². The van der Waals surface area contributed by atoms with Gasteiger partial charge in [-0.1, -0.05) is 30.3 Å². The highest BCUT2D eigenvalue weighted by molar-refractivity contribution is 6.00. The van der Waals surface area contributed by atoms with Gasteiger partial charge in [-0.15, -0.1) is 0 Å². The fourth-order valence-electron chi connectivity index (χ4n) is 3.49. The fourth-order valence-corrected chi connectivity index (χ4v) is 3.49. The first-order valence-corrected chi connectivity index (χ1v) is 10.8. The number of ketones is 1. The van der Waals surface area contributed by atoms with Crippen LogP contribution in [-0.2, 0) is 16.1 Å². The lowest BCUT2D eigenvalue weighted by Gasteiger charge is -2.10. The summed E-state index contributed by atoms with van der Waals surface area (Å²) in [7, 11) is 0. The van der Waals surface area contributed by atoms with Gasteiger partial charge in [-0.3, -0.25) is 14.4 Å². The normalized spacial score (nSPS) is 10.5. The van der Waals surface area contributed by atoms with Crippen molar-refractivity contribution in [2.24, 2.45) is 0 Å². The summed E-state index contributed by atoms with van der Waals surface area (Å²) in [6, 6.07) is 18.4. The molecule has 33 heavy (non-hydrogen) atoms. The molecule has 0 aliphatic carbocycles. The molecule has 3 rings (SSSR count). The molecule has 0 unspecified atom stereocenters. The lowest BCUT2D eigenvalue weighted by atomic mass is 10.1. The molecule has 7 heteroatoms. The number of benzene rings is 2. The number of rotatable bonds is 10. The van der Waals surface area contributed by atoms with Gasteiger partial charge in [-0.2, -0.15) is 0 Å². The maximum absolute atomic E-state index is 12.6. The van der Waals surface area contributed by atoms with Crippen LogP contribution < -0.4 is 10.1 Å². The van der Waals surface area contributed by atoms with E-state index in [1.165, 1.54) is 0 Å². The molecule has 0 fully saturated rings. The zero-order valence-electron chi connectivity index (χ0n) is 19.1. The molecule has 1 aromatic heterocycles. The van der Waals surface area contributed by atoms with Gasteiger partial charge in [0, 0.05) is 29.1 Å². The highest BCUT2D eigenvalue weighted by atomic mass is 16.5. The van der Waals surface area contributed by atoms with Crippen molar-refractivity contribution in [3.8, 4) is 5.75 Å². The summed E-state index contributed by atoms with van der Waals surface area (Å²) < 4.78 is 12.5. The van der Waals surface area contributed by atoms with Crippen LogP contribution in [0.4, 0.5) is 0 Å². The monoisotopic (exact) mass is 448 g/mol. The zero-order chi connectivity index (χ0) is 23.8. The molecule has 0 aliphatic rings. The Kier molecular flexibility index (Phi) is 8.02. The molecular weight excluding hydrogens is 420 g/mol. The van der Waals surface area contributed by atoms with Gasteiger partial charge in [-0.25, -0.2) is 0 Å². The van der Waals surface area contributed by atoms with E-state index in [2.05, 4.69) is 9.88 Å². The third-order valence-electron chi connectivity index (χ3n) is 5.24. The van der Waals surface area contributed by atoms with Gasteiger partial charge in [0.2, 0.25) is 5.78 Å². The molecule has 7 nitrogen and oxygen atoms in total. The summed E-state index contributed by atoms with van der Waals surface area (Å²) in [5.41, 5.74) is 3.82. The van der Waals surface area contributed by atoms with Crippen LogP contribution in [0.15, 0.2) is 60.7 Å². The molecule has 0 saturated heterocycles. The molecule has 0 bridgehead atoms. The quantitative estimate of drug-likeness (QED) is 0.377. The van der Waals surface area contributed by atoms with Gasteiger partial charge in [-0.05, 0) is 56.7 Å². The number of esters is 1. The Bertz CT molecular complexity index is 1120. The molecule has 2 aromatic carbocycles. The number of aryl methyl sites for hydroxylation is 1. The molecule has 0 saturated carbocycles. The van der Waals surface area contributed by atoms with Gasteiger partial charge in [0.05, 0.1) is 6.61 Å². The maximum Gasteiger partial charge on any atom is 0.325 e. The molecular formula is C26H28N2O5. The topological polar surface area (TPSA) is 86.6 Å². The lowest BCUT2D eigenvalue weighted by Crippen LogP contribution is -2.31. The number of Topliss-reactive ketones (excluding diaryl/α,β-unsaturated/α-hetero) is 1. The second-order valence-electron chi connectivity index (χ2n) is 7.58. The molecule has 0 atom stereocenters. The molecule has 1 N–H and O–H groups in total. The Morgan fingerprint density at radius 3 is 2.33 bits per heavy atom. The van der Waals surface area contributed by atoms with Crippen molar-refractivity contribution < 1.29 is 23.9 Å². The van der Waals surface area contributed by atoms with Crippen LogP contribution in [0.3, 0.4) is 0 Å². The van der Waals surface area contributed by atoms with E-state index in [0.717, 1.165) is 17.0 Å². The second kappa shape index (κ2) is 11.1. The van der Waals surface area contributed by atoms with Crippen LogP contribution in [0.25, 0.3) is 0 Å². The summed E-state index contributed by atoms with van der Waals surface area (Å²) in [6.45, 7) is 6.17. The van der Waals surface area contributed by atoms with Gasteiger partial charge in [0.1, 0.15) is 12.3 Å². The SMILES string of the molecule is CCOc1ccc(C(=O)NCC(=O)OCC(=O)c2cc(C)n(Cc3ccccc3)c2C)cc1. The van der Waals surface area contributed by atoms with Crippen LogP contribution in [0.1, 0.15) is 44.6 Å². The number of carbonyl (C=O) groups excluding carboxylic acids is 3. The second-order valence-corrected chi connectivity index (χ2v) is 7.58. The number of carbonyl (C=O) groups is 3. The third kappa shape index (κ3) is 6.32. The molecule has 0 aliphatic heterocycles. The molecule has 1 amide bonds. The number of hydrogen-bond donors (Lipinski definition) is 1. The Morgan fingerprint density at radius 2 is 1.67 bits per heavy atom. The number of hydrogen-bond acceptors (Lipinski definition) is 5. The van der Waals surface area contributed by atoms with Gasteiger partial charge in [0.15, 0.2) is 6.61 Å². The summed E-state index contributed by atoms with van der Waals surface area (Å²) in [5.74, 6) is -0.713. The summed E-state index contributed by atoms with van der Waals surface area (Å²) in [6.07, 6.45) is 0. The molecule has 0 radical (unpaired) electrons. The number of nitrogens with zero attached hydrogens (tertiary/aromatic N) is 1. The summed E-state index contributed by atoms with van der Waals surface area (Å²) in [5, 5.41) is 2.50. The number of amides is 1. The first kappa shape index (κ1) is 23.8. The summed E-state index contributed by atoms with van der Waals surface area (Å²) >= 11 is 0. The van der Waals surface area contributed by atoms with Crippen molar-refractivity contribution in [2.45, 2.75) is 27.3 Å². The van der Waals surface area contributed by atoms with Crippen molar-refractivity contribution in [2.75, 3.05) is 19.8 Å². The van der Waals surface area contributed by atoms with E-state index in [9.17, 15) is 14.4 Å². The molecule has 0 spiro atoms. The van der Waals surface area contributed by atoms with Crippen molar-refractivity contribution in [1.29, 1.82) is 0 Å². The van der Waals surface area contributed by atoms with Crippen molar-refractivity contribution in [3.05, 3.63) is 88.7 Å². The number of ether oxygens (including phenoxy) is 2. The number of aromatic nitrogens is 1. The van der Waals surface area contributed by atoms with Crippen LogP contribution in [0.2, 0.25) is 0 Å². The van der Waals surface area contributed by atoms with Crippen LogP contribution in [0.5, 0.6) is 5.75 Å². The van der Waals surface area contributed by atoms with E-state index in [-0.39, 0.29) is 18.9 Å². The van der Waals surface area contributed by atoms with Crippen LogP contribution >= 0.6 is 0 Å². The lowest BCUT2D eigenvalue weighted by molar-refractivity contribution is -0.141.